The van der Waals surface area contributed by atoms with Gasteiger partial charge in [-0.3, -0.25) is 0 Å². The number of halogens is 1. The zero-order valence-electron chi connectivity index (χ0n) is 13.4. The highest BCUT2D eigenvalue weighted by Gasteiger charge is 2.21. The first-order valence-electron chi connectivity index (χ1n) is 7.49. The molecule has 3 aromatic rings. The second-order valence-electron chi connectivity index (χ2n) is 5.56. The summed E-state index contributed by atoms with van der Waals surface area (Å²) in [5.74, 6) is 0. The maximum atomic E-state index is 10.7. The minimum Gasteiger partial charge on any atom is -0.384 e. The van der Waals surface area contributed by atoms with Crippen LogP contribution in [0.5, 0.6) is 0 Å². The van der Waals surface area contributed by atoms with Crippen molar-refractivity contribution in [1.82, 2.24) is 9.78 Å². The molecule has 120 valence electrons. The highest BCUT2D eigenvalue weighted by atomic mass is 35.5. The van der Waals surface area contributed by atoms with Crippen LogP contribution >= 0.6 is 11.6 Å². The Morgan fingerprint density at radius 2 is 1.88 bits per heavy atom. The number of aliphatic hydroxyl groups excluding tert-OH is 1. The van der Waals surface area contributed by atoms with E-state index in [1.165, 1.54) is 0 Å². The van der Waals surface area contributed by atoms with Gasteiger partial charge in [0.25, 0.3) is 0 Å². The van der Waals surface area contributed by atoms with Gasteiger partial charge in [-0.1, -0.05) is 48.0 Å². The fourth-order valence-corrected chi connectivity index (χ4v) is 3.04. The molecule has 5 heteroatoms. The molecule has 0 saturated heterocycles. The number of aromatic nitrogens is 2. The SMILES string of the molecule is [C-]#[N+]c1ccc(-n2nc(C)c(C(O)c3ccccc3)c2C)cc1Cl. The first-order chi connectivity index (χ1) is 11.5. The van der Waals surface area contributed by atoms with Gasteiger partial charge in [-0.05, 0) is 31.5 Å². The van der Waals surface area contributed by atoms with Gasteiger partial charge in [0.1, 0.15) is 6.10 Å². The van der Waals surface area contributed by atoms with Gasteiger partial charge in [0, 0.05) is 16.3 Å². The number of rotatable bonds is 3. The largest absolute Gasteiger partial charge is 0.384 e. The van der Waals surface area contributed by atoms with Crippen molar-refractivity contribution in [1.29, 1.82) is 0 Å². The van der Waals surface area contributed by atoms with Crippen LogP contribution in [0.15, 0.2) is 48.5 Å². The van der Waals surface area contributed by atoms with Crippen molar-refractivity contribution in [2.45, 2.75) is 20.0 Å². The van der Waals surface area contributed by atoms with Crippen molar-refractivity contribution < 1.29 is 5.11 Å². The van der Waals surface area contributed by atoms with Gasteiger partial charge in [0.05, 0.1) is 18.0 Å². The maximum absolute atomic E-state index is 10.7. The van der Waals surface area contributed by atoms with E-state index >= 15 is 0 Å². The fourth-order valence-electron chi connectivity index (χ4n) is 2.82. The molecule has 0 saturated carbocycles. The van der Waals surface area contributed by atoms with Crippen LogP contribution < -0.4 is 0 Å². The van der Waals surface area contributed by atoms with Gasteiger partial charge in [-0.2, -0.15) is 5.10 Å². The van der Waals surface area contributed by atoms with Gasteiger partial charge < -0.3 is 5.11 Å². The molecule has 1 unspecified atom stereocenters. The summed E-state index contributed by atoms with van der Waals surface area (Å²) in [6.07, 6.45) is -0.738. The van der Waals surface area contributed by atoms with E-state index < -0.39 is 6.10 Å². The summed E-state index contributed by atoms with van der Waals surface area (Å²) in [5, 5.41) is 15.7. The quantitative estimate of drug-likeness (QED) is 0.699. The normalized spacial score (nSPS) is 12.0. The van der Waals surface area contributed by atoms with Crippen LogP contribution in [0.4, 0.5) is 5.69 Å². The summed E-state index contributed by atoms with van der Waals surface area (Å²) in [7, 11) is 0. The van der Waals surface area contributed by atoms with Crippen molar-refractivity contribution in [3.8, 4) is 5.69 Å². The Labute approximate surface area is 145 Å². The minimum atomic E-state index is -0.738. The average Bonchev–Trinajstić information content (AvgIpc) is 2.89. The number of aryl methyl sites for hydroxylation is 1. The Morgan fingerprint density at radius 1 is 1.17 bits per heavy atom. The lowest BCUT2D eigenvalue weighted by atomic mass is 10.00. The summed E-state index contributed by atoms with van der Waals surface area (Å²) in [6.45, 7) is 10.9. The van der Waals surface area contributed by atoms with E-state index in [9.17, 15) is 5.11 Å². The number of nitrogens with zero attached hydrogens (tertiary/aromatic N) is 3. The van der Waals surface area contributed by atoms with E-state index in [1.807, 2.05) is 44.2 Å². The molecule has 2 aromatic carbocycles. The van der Waals surface area contributed by atoms with Crippen LogP contribution in [0.1, 0.15) is 28.6 Å². The molecule has 0 fully saturated rings. The number of aliphatic hydroxyl groups is 1. The first-order valence-corrected chi connectivity index (χ1v) is 7.87. The Morgan fingerprint density at radius 3 is 2.50 bits per heavy atom. The Kier molecular flexibility index (Phi) is 4.39. The summed E-state index contributed by atoms with van der Waals surface area (Å²) in [6, 6.07) is 14.7. The third-order valence-electron chi connectivity index (χ3n) is 4.03. The van der Waals surface area contributed by atoms with Gasteiger partial charge in [-0.15, -0.1) is 0 Å². The van der Waals surface area contributed by atoms with E-state index in [0.717, 1.165) is 28.2 Å². The van der Waals surface area contributed by atoms with Crippen molar-refractivity contribution in [2.75, 3.05) is 0 Å². The number of hydrogen-bond donors (Lipinski definition) is 1. The van der Waals surface area contributed by atoms with Gasteiger partial charge in [-0.25, -0.2) is 9.53 Å². The van der Waals surface area contributed by atoms with Crippen LogP contribution in [-0.4, -0.2) is 14.9 Å². The summed E-state index contributed by atoms with van der Waals surface area (Å²) in [5.41, 5.74) is 4.38. The summed E-state index contributed by atoms with van der Waals surface area (Å²) in [4.78, 5) is 3.37. The molecular formula is C19H16ClN3O. The molecule has 1 N–H and O–H groups in total. The number of hydrogen-bond acceptors (Lipinski definition) is 2. The molecule has 1 aromatic heterocycles. The molecule has 0 bridgehead atoms. The first kappa shape index (κ1) is 16.3. The van der Waals surface area contributed by atoms with Crippen molar-refractivity contribution in [3.63, 3.8) is 0 Å². The molecule has 0 aliphatic heterocycles. The Balaban J connectivity index is 2.07. The van der Waals surface area contributed by atoms with Crippen LogP contribution in [0.25, 0.3) is 10.5 Å². The zero-order chi connectivity index (χ0) is 17.3. The van der Waals surface area contributed by atoms with E-state index in [4.69, 9.17) is 18.2 Å². The van der Waals surface area contributed by atoms with E-state index in [1.54, 1.807) is 22.9 Å². The lowest BCUT2D eigenvalue weighted by Gasteiger charge is -2.12. The van der Waals surface area contributed by atoms with Crippen LogP contribution in [0.2, 0.25) is 5.02 Å². The predicted octanol–water partition coefficient (Wildman–Crippen LogP) is 4.78. The molecule has 4 nitrogen and oxygen atoms in total. The van der Waals surface area contributed by atoms with Gasteiger partial charge >= 0.3 is 0 Å². The number of benzene rings is 2. The zero-order valence-corrected chi connectivity index (χ0v) is 14.1. The van der Waals surface area contributed by atoms with E-state index in [-0.39, 0.29) is 0 Å². The van der Waals surface area contributed by atoms with Crippen molar-refractivity contribution in [3.05, 3.63) is 87.5 Å². The highest BCUT2D eigenvalue weighted by Crippen LogP contribution is 2.31. The van der Waals surface area contributed by atoms with Crippen LogP contribution in [0, 0.1) is 20.4 Å². The lowest BCUT2D eigenvalue weighted by Crippen LogP contribution is -2.04. The molecule has 0 spiro atoms. The van der Waals surface area contributed by atoms with Gasteiger partial charge in [0.15, 0.2) is 0 Å². The maximum Gasteiger partial charge on any atom is 0.205 e. The van der Waals surface area contributed by atoms with Crippen molar-refractivity contribution in [2.24, 2.45) is 0 Å². The molecule has 3 rings (SSSR count). The molecule has 0 aliphatic carbocycles. The third-order valence-corrected chi connectivity index (χ3v) is 4.34. The van der Waals surface area contributed by atoms with Crippen LogP contribution in [0.3, 0.4) is 0 Å². The predicted molar refractivity (Wildman–Crippen MR) is 94.8 cm³/mol. The van der Waals surface area contributed by atoms with E-state index in [0.29, 0.717) is 10.7 Å². The summed E-state index contributed by atoms with van der Waals surface area (Å²) >= 11 is 6.13. The van der Waals surface area contributed by atoms with E-state index in [2.05, 4.69) is 9.94 Å². The standard InChI is InChI=1S/C19H16ClN3O/c1-12-18(19(24)14-7-5-4-6-8-14)13(2)23(22-12)15-9-10-17(21-3)16(20)11-15/h4-11,19,24H,1-2H3. The third kappa shape index (κ3) is 2.80. The molecule has 1 atom stereocenters. The van der Waals surface area contributed by atoms with Gasteiger partial charge in [0.2, 0.25) is 5.69 Å². The topological polar surface area (TPSA) is 42.4 Å². The molecule has 0 amide bonds. The Bertz CT molecular complexity index is 926. The molecule has 0 aliphatic rings. The average molecular weight is 338 g/mol. The Hall–Kier alpha value is -2.61. The van der Waals surface area contributed by atoms with Crippen molar-refractivity contribution >= 4 is 17.3 Å². The summed E-state index contributed by atoms with van der Waals surface area (Å²) < 4.78 is 1.75. The van der Waals surface area contributed by atoms with Crippen LogP contribution in [-0.2, 0) is 0 Å². The lowest BCUT2D eigenvalue weighted by molar-refractivity contribution is 0.218. The minimum absolute atomic E-state index is 0.389. The monoisotopic (exact) mass is 337 g/mol. The molecule has 0 radical (unpaired) electrons. The highest BCUT2D eigenvalue weighted by molar-refractivity contribution is 6.33. The smallest absolute Gasteiger partial charge is 0.205 e. The second-order valence-corrected chi connectivity index (χ2v) is 5.96. The fraction of sp³-hybridized carbons (Fsp3) is 0.158. The molecular weight excluding hydrogens is 322 g/mol. The second kappa shape index (κ2) is 6.48. The molecule has 1 heterocycles. The molecule has 24 heavy (non-hydrogen) atoms.